The van der Waals surface area contributed by atoms with Gasteiger partial charge < -0.3 is 89.9 Å². The molecule has 3 saturated heterocycles. The third-order valence-electron chi connectivity index (χ3n) is 14.8. The number of amides is 1. The molecule has 436 valence electrons. The van der Waals surface area contributed by atoms with Gasteiger partial charge in [-0.2, -0.15) is 0 Å². The summed E-state index contributed by atoms with van der Waals surface area (Å²) < 4.78 is 34.2. The van der Waals surface area contributed by atoms with E-state index in [0.717, 1.165) is 44.9 Å². The number of unbranched alkanes of at least 4 members (excludes halogenated alkanes) is 26. The summed E-state index contributed by atoms with van der Waals surface area (Å²) in [5.74, 6) is -0.274. The molecule has 0 bridgehead atoms. The molecule has 0 spiro atoms. The van der Waals surface area contributed by atoms with Crippen LogP contribution in [0.4, 0.5) is 0 Å². The second-order valence-corrected chi connectivity index (χ2v) is 21.1. The summed E-state index contributed by atoms with van der Waals surface area (Å²) in [5, 5.41) is 120. The molecule has 0 aromatic heterocycles. The van der Waals surface area contributed by atoms with Crippen molar-refractivity contribution in [1.29, 1.82) is 0 Å². The Kier molecular flexibility index (Phi) is 35.9. The van der Waals surface area contributed by atoms with Gasteiger partial charge in [-0.25, -0.2) is 0 Å². The molecule has 0 aliphatic carbocycles. The zero-order valence-corrected chi connectivity index (χ0v) is 45.1. The monoisotopic (exact) mass is 1070 g/mol. The third-order valence-corrected chi connectivity index (χ3v) is 14.8. The number of allylic oxidation sites excluding steroid dienone is 1. The Morgan fingerprint density at radius 3 is 1.27 bits per heavy atom. The van der Waals surface area contributed by atoms with Crippen LogP contribution in [-0.4, -0.2) is 193 Å². The van der Waals surface area contributed by atoms with E-state index < -0.39 is 124 Å². The summed E-state index contributed by atoms with van der Waals surface area (Å²) in [6.07, 6.45) is 10.5. The van der Waals surface area contributed by atoms with E-state index in [1.165, 1.54) is 128 Å². The van der Waals surface area contributed by atoms with Gasteiger partial charge >= 0.3 is 0 Å². The molecule has 0 radical (unpaired) electrons. The lowest BCUT2D eigenvalue weighted by Gasteiger charge is -2.48. The molecule has 17 unspecified atom stereocenters. The van der Waals surface area contributed by atoms with E-state index in [0.29, 0.717) is 6.42 Å². The molecule has 3 aliphatic heterocycles. The molecular weight excluding hydrogens is 963 g/mol. The molecule has 0 aromatic carbocycles. The molecule has 19 nitrogen and oxygen atoms in total. The van der Waals surface area contributed by atoms with Gasteiger partial charge in [0.2, 0.25) is 5.91 Å². The van der Waals surface area contributed by atoms with Crippen LogP contribution in [-0.2, 0) is 33.2 Å². The van der Waals surface area contributed by atoms with Crippen molar-refractivity contribution in [3.8, 4) is 0 Å². The van der Waals surface area contributed by atoms with Gasteiger partial charge in [0.15, 0.2) is 18.9 Å². The Morgan fingerprint density at radius 2 is 0.838 bits per heavy atom. The fourth-order valence-corrected chi connectivity index (χ4v) is 10.0. The number of carbonyl (C=O) groups is 1. The quantitative estimate of drug-likeness (QED) is 0.0301. The van der Waals surface area contributed by atoms with Crippen LogP contribution in [0.2, 0.25) is 0 Å². The Bertz CT molecular complexity index is 1410. The van der Waals surface area contributed by atoms with Crippen molar-refractivity contribution in [2.75, 3.05) is 26.4 Å². The Labute approximate surface area is 442 Å². The standard InChI is InChI=1S/C55H103NO18/c1-3-5-7-9-11-13-15-17-19-20-22-24-26-28-30-32-39(60)38(56-43(61)33-31-29-27-25-23-21-18-16-14-12-10-8-6-4-2)37-69-53-49(67)46(64)51(41(35-58)71-53)74-55-50(68)47(65)52(42(36-59)72-55)73-54-48(66)45(63)44(62)40(34-57)70-54/h30,32,38-42,44-55,57-60,62-68H,3-29,31,33-37H2,1-2H3,(H,56,61)/b32-30+. The second-order valence-electron chi connectivity index (χ2n) is 21.1. The number of aliphatic hydroxyl groups excluding tert-OH is 11. The largest absolute Gasteiger partial charge is 0.394 e. The van der Waals surface area contributed by atoms with Crippen molar-refractivity contribution in [2.45, 2.75) is 304 Å². The van der Waals surface area contributed by atoms with Crippen LogP contribution >= 0.6 is 0 Å². The summed E-state index contributed by atoms with van der Waals surface area (Å²) in [6.45, 7) is 1.72. The highest BCUT2D eigenvalue weighted by molar-refractivity contribution is 5.76. The minimum absolute atomic E-state index is 0.248. The molecule has 0 aromatic rings. The molecule has 74 heavy (non-hydrogen) atoms. The number of hydrogen-bond donors (Lipinski definition) is 12. The van der Waals surface area contributed by atoms with Crippen LogP contribution in [0.25, 0.3) is 0 Å². The average molecular weight is 1070 g/mol. The summed E-state index contributed by atoms with van der Waals surface area (Å²) in [5.41, 5.74) is 0. The maximum atomic E-state index is 13.3. The first kappa shape index (κ1) is 66.8. The van der Waals surface area contributed by atoms with Crippen molar-refractivity contribution >= 4 is 5.91 Å². The molecular formula is C55H103NO18. The Hall–Kier alpha value is -1.47. The fourth-order valence-electron chi connectivity index (χ4n) is 10.0. The van der Waals surface area contributed by atoms with Gasteiger partial charge in [-0.15, -0.1) is 0 Å². The third kappa shape index (κ3) is 24.3. The van der Waals surface area contributed by atoms with Crippen molar-refractivity contribution < 1.29 is 89.4 Å². The van der Waals surface area contributed by atoms with Crippen molar-refractivity contribution in [1.82, 2.24) is 5.32 Å². The van der Waals surface area contributed by atoms with Gasteiger partial charge in [0.25, 0.3) is 0 Å². The maximum absolute atomic E-state index is 13.3. The number of aliphatic hydroxyl groups is 11. The van der Waals surface area contributed by atoms with Gasteiger partial charge in [0.05, 0.1) is 38.6 Å². The topological polar surface area (TPSA) is 307 Å². The van der Waals surface area contributed by atoms with Crippen LogP contribution in [0.3, 0.4) is 0 Å². The van der Waals surface area contributed by atoms with Crippen LogP contribution < -0.4 is 5.32 Å². The lowest BCUT2D eigenvalue weighted by atomic mass is 9.96. The van der Waals surface area contributed by atoms with E-state index in [9.17, 15) is 61.0 Å². The van der Waals surface area contributed by atoms with Crippen LogP contribution in [0, 0.1) is 0 Å². The predicted octanol–water partition coefficient (Wildman–Crippen LogP) is 4.21. The summed E-state index contributed by atoms with van der Waals surface area (Å²) in [4.78, 5) is 13.3. The first-order valence-electron chi connectivity index (χ1n) is 28.9. The fraction of sp³-hybridized carbons (Fsp3) is 0.945. The number of hydrogen-bond acceptors (Lipinski definition) is 18. The van der Waals surface area contributed by atoms with Gasteiger partial charge in [0.1, 0.15) is 73.2 Å². The molecule has 3 aliphatic rings. The van der Waals surface area contributed by atoms with E-state index >= 15 is 0 Å². The Morgan fingerprint density at radius 1 is 0.473 bits per heavy atom. The molecule has 3 heterocycles. The summed E-state index contributed by atoms with van der Waals surface area (Å²) in [7, 11) is 0. The molecule has 17 atom stereocenters. The molecule has 3 fully saturated rings. The van der Waals surface area contributed by atoms with Crippen LogP contribution in [0.1, 0.15) is 200 Å². The molecule has 12 N–H and O–H groups in total. The highest BCUT2D eigenvalue weighted by Gasteiger charge is 2.53. The number of rotatable bonds is 42. The smallest absolute Gasteiger partial charge is 0.220 e. The SMILES string of the molecule is CCCCCCCCCCCCCCC/C=C/C(O)C(COC1OC(CO)C(OC2OC(CO)C(OC3OC(CO)C(O)C(O)C3O)C(O)C2O)C(O)C1O)NC(=O)CCCCCCCCCCCCCCCC. The predicted molar refractivity (Wildman–Crippen MR) is 277 cm³/mol. The second kappa shape index (κ2) is 39.8. The number of nitrogens with one attached hydrogen (secondary N) is 1. The van der Waals surface area contributed by atoms with E-state index in [1.54, 1.807) is 6.08 Å². The van der Waals surface area contributed by atoms with E-state index in [-0.39, 0.29) is 18.9 Å². The zero-order valence-electron chi connectivity index (χ0n) is 45.1. The normalized spacial score (nSPS) is 31.5. The first-order valence-corrected chi connectivity index (χ1v) is 28.9. The first-order chi connectivity index (χ1) is 35.8. The minimum atomic E-state index is -1.97. The minimum Gasteiger partial charge on any atom is -0.394 e. The van der Waals surface area contributed by atoms with Crippen molar-refractivity contribution in [3.63, 3.8) is 0 Å². The zero-order chi connectivity index (χ0) is 54.1. The van der Waals surface area contributed by atoms with Gasteiger partial charge in [-0.1, -0.05) is 187 Å². The molecule has 0 saturated carbocycles. The molecule has 19 heteroatoms. The summed E-state index contributed by atoms with van der Waals surface area (Å²) >= 11 is 0. The highest BCUT2D eigenvalue weighted by Crippen LogP contribution is 2.33. The lowest BCUT2D eigenvalue weighted by Crippen LogP contribution is -2.66. The number of ether oxygens (including phenoxy) is 6. The molecule has 1 amide bonds. The van der Waals surface area contributed by atoms with Gasteiger partial charge in [0, 0.05) is 6.42 Å². The van der Waals surface area contributed by atoms with Gasteiger partial charge in [-0.05, 0) is 19.3 Å². The van der Waals surface area contributed by atoms with Crippen LogP contribution in [0.5, 0.6) is 0 Å². The molecule has 3 rings (SSSR count). The van der Waals surface area contributed by atoms with E-state index in [2.05, 4.69) is 19.2 Å². The van der Waals surface area contributed by atoms with Crippen molar-refractivity contribution in [3.05, 3.63) is 12.2 Å². The average Bonchev–Trinajstić information content (AvgIpc) is 3.40. The van der Waals surface area contributed by atoms with Crippen molar-refractivity contribution in [2.24, 2.45) is 0 Å². The highest BCUT2D eigenvalue weighted by atomic mass is 16.8. The number of carbonyl (C=O) groups excluding carboxylic acids is 1. The maximum Gasteiger partial charge on any atom is 0.220 e. The van der Waals surface area contributed by atoms with E-state index in [4.69, 9.17) is 28.4 Å². The van der Waals surface area contributed by atoms with Gasteiger partial charge in [-0.3, -0.25) is 4.79 Å². The lowest BCUT2D eigenvalue weighted by molar-refractivity contribution is -0.379. The van der Waals surface area contributed by atoms with E-state index in [1.807, 2.05) is 6.08 Å². The summed E-state index contributed by atoms with van der Waals surface area (Å²) in [6, 6.07) is -0.965. The van der Waals surface area contributed by atoms with Crippen LogP contribution in [0.15, 0.2) is 12.2 Å². The Balaban J connectivity index is 1.53.